The predicted molar refractivity (Wildman–Crippen MR) is 72.0 cm³/mol. The zero-order chi connectivity index (χ0) is 12.1. The molecule has 0 radical (unpaired) electrons. The Morgan fingerprint density at radius 3 is 1.57 bits per heavy atom. The van der Waals surface area contributed by atoms with Crippen LogP contribution in [0.4, 0.5) is 0 Å². The molecule has 0 aromatic heterocycles. The van der Waals surface area contributed by atoms with Gasteiger partial charge in [0.25, 0.3) is 0 Å². The molecule has 0 aliphatic carbocycles. The maximum absolute atomic E-state index is 3.85. The minimum atomic E-state index is 0. The highest BCUT2D eigenvalue weighted by atomic mass is 14.9. The van der Waals surface area contributed by atoms with E-state index in [2.05, 4.69) is 46.5 Å². The molecular formula is C13H33N. The molecule has 1 heteroatoms. The summed E-state index contributed by atoms with van der Waals surface area (Å²) in [7, 11) is 0. The summed E-state index contributed by atoms with van der Waals surface area (Å²) in [6.07, 6.45) is 1.25. The highest BCUT2D eigenvalue weighted by molar-refractivity contribution is 4.99. The summed E-state index contributed by atoms with van der Waals surface area (Å²) >= 11 is 0. The number of hydrogen-bond donors (Lipinski definition) is 1. The molecule has 0 saturated heterocycles. The van der Waals surface area contributed by atoms with Crippen LogP contribution < -0.4 is 5.32 Å². The second-order valence-electron chi connectivity index (χ2n) is 3.60. The van der Waals surface area contributed by atoms with Crippen molar-refractivity contribution >= 4 is 0 Å². The molecule has 0 amide bonds. The lowest BCUT2D eigenvalue weighted by atomic mass is 10.1. The van der Waals surface area contributed by atoms with Crippen LogP contribution in [0.3, 0.4) is 0 Å². The fourth-order valence-electron chi connectivity index (χ4n) is 0.642. The molecule has 0 aliphatic rings. The SMILES string of the molecule is C=C(C)C(C)NC(C)C.CC.CCC.[HH]. The average Bonchev–Trinajstić information content (AvgIpc) is 2.08. The van der Waals surface area contributed by atoms with Crippen molar-refractivity contribution in [3.05, 3.63) is 12.2 Å². The summed E-state index contributed by atoms with van der Waals surface area (Å²) in [5.74, 6) is 0. The quantitative estimate of drug-likeness (QED) is 0.659. The first-order chi connectivity index (χ1) is 6.45. The third-order valence-electron chi connectivity index (χ3n) is 1.32. The second-order valence-corrected chi connectivity index (χ2v) is 3.60. The van der Waals surface area contributed by atoms with Crippen LogP contribution in [0.1, 0.15) is 63.2 Å². The molecule has 0 aliphatic heterocycles. The molecule has 0 aromatic carbocycles. The fraction of sp³-hybridized carbons (Fsp3) is 0.846. The van der Waals surface area contributed by atoms with E-state index in [4.69, 9.17) is 0 Å². The molecule has 90 valence electrons. The van der Waals surface area contributed by atoms with Crippen molar-refractivity contribution in [3.63, 3.8) is 0 Å². The maximum Gasteiger partial charge on any atom is 0.0248 e. The van der Waals surface area contributed by atoms with E-state index in [1.165, 1.54) is 12.0 Å². The lowest BCUT2D eigenvalue weighted by Crippen LogP contribution is -2.32. The van der Waals surface area contributed by atoms with Crippen molar-refractivity contribution in [1.29, 1.82) is 0 Å². The van der Waals surface area contributed by atoms with Crippen molar-refractivity contribution in [2.75, 3.05) is 0 Å². The molecule has 0 fully saturated rings. The van der Waals surface area contributed by atoms with E-state index in [1.54, 1.807) is 0 Å². The van der Waals surface area contributed by atoms with Gasteiger partial charge < -0.3 is 5.32 Å². The first-order valence-corrected chi connectivity index (χ1v) is 5.87. The van der Waals surface area contributed by atoms with Crippen LogP contribution in [0.5, 0.6) is 0 Å². The van der Waals surface area contributed by atoms with Gasteiger partial charge in [-0.3, -0.25) is 0 Å². The molecule has 0 spiro atoms. The fourth-order valence-corrected chi connectivity index (χ4v) is 0.642. The van der Waals surface area contributed by atoms with Gasteiger partial charge >= 0.3 is 0 Å². The summed E-state index contributed by atoms with van der Waals surface area (Å²) in [4.78, 5) is 0. The highest BCUT2D eigenvalue weighted by Gasteiger charge is 2.01. The summed E-state index contributed by atoms with van der Waals surface area (Å²) in [5, 5.41) is 3.34. The third kappa shape index (κ3) is 22.6. The number of rotatable bonds is 3. The Balaban J connectivity index is -0.0000000867. The number of hydrogen-bond acceptors (Lipinski definition) is 1. The van der Waals surface area contributed by atoms with Gasteiger partial charge in [-0.25, -0.2) is 0 Å². The van der Waals surface area contributed by atoms with Gasteiger partial charge in [0.2, 0.25) is 0 Å². The summed E-state index contributed by atoms with van der Waals surface area (Å²) < 4.78 is 0. The van der Waals surface area contributed by atoms with E-state index in [0.29, 0.717) is 12.1 Å². The monoisotopic (exact) mass is 203 g/mol. The van der Waals surface area contributed by atoms with E-state index in [9.17, 15) is 0 Å². The molecule has 0 aromatic rings. The maximum atomic E-state index is 3.85. The van der Waals surface area contributed by atoms with E-state index in [1.807, 2.05) is 20.8 Å². The molecule has 1 unspecified atom stereocenters. The van der Waals surface area contributed by atoms with E-state index >= 15 is 0 Å². The highest BCUT2D eigenvalue weighted by Crippen LogP contribution is 1.96. The van der Waals surface area contributed by atoms with Crippen LogP contribution in [-0.4, -0.2) is 12.1 Å². The largest absolute Gasteiger partial charge is 0.308 e. The Kier molecular flexibility index (Phi) is 20.9. The molecule has 14 heavy (non-hydrogen) atoms. The zero-order valence-corrected chi connectivity index (χ0v) is 11.6. The van der Waals surface area contributed by atoms with Gasteiger partial charge in [0.15, 0.2) is 0 Å². The second kappa shape index (κ2) is 15.2. The molecular weight excluding hydrogens is 170 g/mol. The zero-order valence-electron chi connectivity index (χ0n) is 11.6. The van der Waals surface area contributed by atoms with Gasteiger partial charge in [0.05, 0.1) is 0 Å². The summed E-state index contributed by atoms with van der Waals surface area (Å²) in [5.41, 5.74) is 1.20. The lowest BCUT2D eigenvalue weighted by molar-refractivity contribution is 0.534. The minimum absolute atomic E-state index is 0. The van der Waals surface area contributed by atoms with Gasteiger partial charge in [0.1, 0.15) is 0 Å². The van der Waals surface area contributed by atoms with Gasteiger partial charge in [-0.2, -0.15) is 0 Å². The van der Waals surface area contributed by atoms with Gasteiger partial charge in [0, 0.05) is 13.5 Å². The topological polar surface area (TPSA) is 12.0 Å². The standard InChI is InChI=1S/C8H17N.C3H8.C2H6.H2/c1-6(2)8(5)9-7(3)4;1-3-2;1-2;/h7-9H,1H2,2-5H3;3H2,1-2H3;1-2H3;1H. The van der Waals surface area contributed by atoms with Gasteiger partial charge in [-0.05, 0) is 13.8 Å². The first kappa shape index (κ1) is 19.3. The van der Waals surface area contributed by atoms with Crippen molar-refractivity contribution in [2.24, 2.45) is 0 Å². The van der Waals surface area contributed by atoms with Crippen molar-refractivity contribution in [1.82, 2.24) is 5.32 Å². The Morgan fingerprint density at radius 2 is 1.50 bits per heavy atom. The molecule has 1 N–H and O–H groups in total. The normalized spacial score (nSPS) is 10.6. The van der Waals surface area contributed by atoms with Crippen molar-refractivity contribution in [3.8, 4) is 0 Å². The van der Waals surface area contributed by atoms with Crippen LogP contribution in [0.15, 0.2) is 12.2 Å². The summed E-state index contributed by atoms with van der Waals surface area (Å²) in [6, 6.07) is 1.00. The first-order valence-electron chi connectivity index (χ1n) is 5.87. The molecule has 1 atom stereocenters. The van der Waals surface area contributed by atoms with Crippen LogP contribution >= 0.6 is 0 Å². The van der Waals surface area contributed by atoms with Crippen molar-refractivity contribution in [2.45, 2.75) is 73.9 Å². The third-order valence-corrected chi connectivity index (χ3v) is 1.32. The lowest BCUT2D eigenvalue weighted by Gasteiger charge is -2.15. The van der Waals surface area contributed by atoms with Crippen molar-refractivity contribution < 1.29 is 1.43 Å². The van der Waals surface area contributed by atoms with E-state index in [0.717, 1.165) is 0 Å². The Bertz CT molecular complexity index is 111. The van der Waals surface area contributed by atoms with E-state index < -0.39 is 0 Å². The smallest absolute Gasteiger partial charge is 0.0248 e. The van der Waals surface area contributed by atoms with Gasteiger partial charge in [-0.15, -0.1) is 0 Å². The molecule has 0 rings (SSSR count). The molecule has 1 nitrogen and oxygen atoms in total. The van der Waals surface area contributed by atoms with Crippen LogP contribution in [0.25, 0.3) is 0 Å². The molecule has 0 heterocycles. The molecule has 0 saturated carbocycles. The predicted octanol–water partition coefficient (Wildman–Crippen LogP) is 4.64. The Labute approximate surface area is 93.5 Å². The van der Waals surface area contributed by atoms with Gasteiger partial charge in [-0.1, -0.05) is 60.1 Å². The molecule has 0 bridgehead atoms. The van der Waals surface area contributed by atoms with Crippen LogP contribution in [0, 0.1) is 0 Å². The number of nitrogens with one attached hydrogen (secondary N) is 1. The van der Waals surface area contributed by atoms with E-state index in [-0.39, 0.29) is 1.43 Å². The Morgan fingerprint density at radius 1 is 1.21 bits per heavy atom. The van der Waals surface area contributed by atoms with Crippen LogP contribution in [-0.2, 0) is 0 Å². The average molecular weight is 203 g/mol. The minimum Gasteiger partial charge on any atom is -0.308 e. The van der Waals surface area contributed by atoms with Crippen LogP contribution in [0.2, 0.25) is 0 Å². The summed E-state index contributed by atoms with van der Waals surface area (Å²) in [6.45, 7) is 20.5. The Hall–Kier alpha value is -0.300.